The summed E-state index contributed by atoms with van der Waals surface area (Å²) in [6.07, 6.45) is 0. The van der Waals surface area contributed by atoms with E-state index < -0.39 is 0 Å². The highest BCUT2D eigenvalue weighted by Gasteiger charge is 2.28. The maximum atomic E-state index is 13.3. The number of carbonyl (C=O) groups excluding carboxylic acids is 1. The second-order valence-electron chi connectivity index (χ2n) is 6.90. The molecule has 2 amide bonds. The Morgan fingerprint density at radius 1 is 0.926 bits per heavy atom. The Morgan fingerprint density at radius 3 is 2.11 bits per heavy atom. The minimum absolute atomic E-state index is 0.0768. The largest absolute Gasteiger partial charge is 0.331 e. The number of rotatable bonds is 2. The number of anilines is 2. The van der Waals surface area contributed by atoms with Gasteiger partial charge in [0, 0.05) is 9.79 Å². The van der Waals surface area contributed by atoms with Crippen LogP contribution in [0.1, 0.15) is 29.7 Å². The molecular formula is C23H22N2OS. The molecule has 0 saturated carbocycles. The zero-order chi connectivity index (χ0) is 19.0. The molecule has 0 saturated heterocycles. The Labute approximate surface area is 164 Å². The van der Waals surface area contributed by atoms with Gasteiger partial charge in [0.15, 0.2) is 0 Å². The van der Waals surface area contributed by atoms with Gasteiger partial charge in [0.1, 0.15) is 0 Å². The van der Waals surface area contributed by atoms with Crippen LogP contribution in [0.3, 0.4) is 0 Å². The summed E-state index contributed by atoms with van der Waals surface area (Å²) in [5.41, 5.74) is 5.41. The van der Waals surface area contributed by atoms with Crippen LogP contribution < -0.4 is 10.2 Å². The van der Waals surface area contributed by atoms with Crippen molar-refractivity contribution in [1.29, 1.82) is 0 Å². The van der Waals surface area contributed by atoms with E-state index in [4.69, 9.17) is 0 Å². The van der Waals surface area contributed by atoms with Gasteiger partial charge in [0.2, 0.25) is 0 Å². The van der Waals surface area contributed by atoms with Gasteiger partial charge >= 0.3 is 6.03 Å². The van der Waals surface area contributed by atoms with Gasteiger partial charge in [0.25, 0.3) is 0 Å². The Kier molecular flexibility index (Phi) is 4.66. The van der Waals surface area contributed by atoms with E-state index in [0.29, 0.717) is 0 Å². The van der Waals surface area contributed by atoms with Crippen LogP contribution in [0.5, 0.6) is 0 Å². The number of amides is 2. The molecule has 4 heteroatoms. The third-order valence-corrected chi connectivity index (χ3v) is 6.00. The summed E-state index contributed by atoms with van der Waals surface area (Å²) < 4.78 is 0. The quantitative estimate of drug-likeness (QED) is 0.565. The molecule has 3 nitrogen and oxygen atoms in total. The Hall–Kier alpha value is -2.72. The fraction of sp³-hybridized carbons (Fsp3) is 0.174. The predicted molar refractivity (Wildman–Crippen MR) is 112 cm³/mol. The van der Waals surface area contributed by atoms with Gasteiger partial charge in [-0.1, -0.05) is 59.8 Å². The van der Waals surface area contributed by atoms with Gasteiger partial charge in [-0.25, -0.2) is 4.79 Å². The van der Waals surface area contributed by atoms with Gasteiger partial charge in [0.05, 0.1) is 17.4 Å². The van der Waals surface area contributed by atoms with Crippen molar-refractivity contribution in [3.63, 3.8) is 0 Å². The highest BCUT2D eigenvalue weighted by molar-refractivity contribution is 7.99. The molecule has 4 rings (SSSR count). The number of hydrogen-bond acceptors (Lipinski definition) is 2. The SMILES string of the molecule is Cc1ccc([C@@H](C)NC(=O)N2c3ccccc3Sc3ccccc32)c(C)c1. The molecule has 136 valence electrons. The van der Waals surface area contributed by atoms with Crippen LogP contribution in [0.15, 0.2) is 76.5 Å². The van der Waals surface area contributed by atoms with Gasteiger partial charge in [-0.3, -0.25) is 4.90 Å². The van der Waals surface area contributed by atoms with Crippen LogP contribution >= 0.6 is 11.8 Å². The minimum atomic E-state index is -0.109. The van der Waals surface area contributed by atoms with Crippen molar-refractivity contribution in [3.05, 3.63) is 83.4 Å². The van der Waals surface area contributed by atoms with E-state index >= 15 is 0 Å². The number of para-hydroxylation sites is 2. The topological polar surface area (TPSA) is 32.3 Å². The van der Waals surface area contributed by atoms with Crippen LogP contribution in [-0.2, 0) is 0 Å². The number of aryl methyl sites for hydroxylation is 2. The van der Waals surface area contributed by atoms with Crippen LogP contribution in [0.2, 0.25) is 0 Å². The molecule has 3 aromatic carbocycles. The van der Waals surface area contributed by atoms with Crippen LogP contribution in [0.25, 0.3) is 0 Å². The van der Waals surface area contributed by atoms with Gasteiger partial charge in [-0.2, -0.15) is 0 Å². The maximum Gasteiger partial charge on any atom is 0.327 e. The number of fused-ring (bicyclic) bond motifs is 2. The zero-order valence-electron chi connectivity index (χ0n) is 15.7. The summed E-state index contributed by atoms with van der Waals surface area (Å²) in [4.78, 5) is 17.3. The first-order chi connectivity index (χ1) is 13.0. The molecule has 1 aliphatic rings. The summed E-state index contributed by atoms with van der Waals surface area (Å²) in [7, 11) is 0. The molecule has 3 aromatic rings. The van der Waals surface area contributed by atoms with E-state index in [1.807, 2.05) is 43.3 Å². The van der Waals surface area contributed by atoms with Crippen molar-refractivity contribution in [1.82, 2.24) is 5.32 Å². The van der Waals surface area contributed by atoms with E-state index in [2.05, 4.69) is 49.5 Å². The molecule has 1 heterocycles. The Balaban J connectivity index is 1.67. The summed E-state index contributed by atoms with van der Waals surface area (Å²) in [6.45, 7) is 6.21. The monoisotopic (exact) mass is 374 g/mol. The molecule has 0 fully saturated rings. The molecule has 0 bridgehead atoms. The lowest BCUT2D eigenvalue weighted by molar-refractivity contribution is 0.245. The van der Waals surface area contributed by atoms with Crippen molar-refractivity contribution in [2.24, 2.45) is 0 Å². The molecule has 1 N–H and O–H groups in total. The molecule has 0 spiro atoms. The molecular weight excluding hydrogens is 352 g/mol. The minimum Gasteiger partial charge on any atom is -0.331 e. The average molecular weight is 375 g/mol. The molecule has 0 radical (unpaired) electrons. The van der Waals surface area contributed by atoms with E-state index in [1.54, 1.807) is 16.7 Å². The number of hydrogen-bond donors (Lipinski definition) is 1. The van der Waals surface area contributed by atoms with E-state index in [0.717, 1.165) is 26.7 Å². The lowest BCUT2D eigenvalue weighted by atomic mass is 10.0. The smallest absolute Gasteiger partial charge is 0.327 e. The van der Waals surface area contributed by atoms with Gasteiger partial charge < -0.3 is 5.32 Å². The molecule has 1 aliphatic heterocycles. The third kappa shape index (κ3) is 3.33. The summed E-state index contributed by atoms with van der Waals surface area (Å²) in [5, 5.41) is 3.19. The number of nitrogens with zero attached hydrogens (tertiary/aromatic N) is 1. The molecule has 0 aliphatic carbocycles. The molecule has 27 heavy (non-hydrogen) atoms. The number of urea groups is 1. The average Bonchev–Trinajstić information content (AvgIpc) is 2.65. The summed E-state index contributed by atoms with van der Waals surface area (Å²) in [6, 6.07) is 22.2. The van der Waals surface area contributed by atoms with Crippen LogP contribution in [0, 0.1) is 13.8 Å². The highest BCUT2D eigenvalue weighted by Crippen LogP contribution is 2.47. The third-order valence-electron chi connectivity index (χ3n) is 4.87. The first kappa shape index (κ1) is 17.7. The molecule has 1 atom stereocenters. The molecule has 0 aromatic heterocycles. The van der Waals surface area contributed by atoms with Crippen molar-refractivity contribution in [2.75, 3.05) is 4.90 Å². The van der Waals surface area contributed by atoms with Crippen molar-refractivity contribution < 1.29 is 4.79 Å². The fourth-order valence-electron chi connectivity index (χ4n) is 3.56. The normalized spacial score (nSPS) is 13.5. The molecule has 0 unspecified atom stereocenters. The van der Waals surface area contributed by atoms with Crippen LogP contribution in [0.4, 0.5) is 16.2 Å². The lowest BCUT2D eigenvalue weighted by Gasteiger charge is -2.32. The number of carbonyl (C=O) groups is 1. The fourth-order valence-corrected chi connectivity index (χ4v) is 4.62. The first-order valence-corrected chi connectivity index (χ1v) is 9.90. The second-order valence-corrected chi connectivity index (χ2v) is 7.99. The van der Waals surface area contributed by atoms with E-state index in [-0.39, 0.29) is 12.1 Å². The predicted octanol–water partition coefficient (Wildman–Crippen LogP) is 6.38. The Morgan fingerprint density at radius 2 is 1.52 bits per heavy atom. The first-order valence-electron chi connectivity index (χ1n) is 9.08. The zero-order valence-corrected chi connectivity index (χ0v) is 16.5. The van der Waals surface area contributed by atoms with E-state index in [9.17, 15) is 4.79 Å². The summed E-state index contributed by atoms with van der Waals surface area (Å²) in [5.74, 6) is 0. The summed E-state index contributed by atoms with van der Waals surface area (Å²) >= 11 is 1.70. The lowest BCUT2D eigenvalue weighted by Crippen LogP contribution is -2.39. The number of nitrogens with one attached hydrogen (secondary N) is 1. The highest BCUT2D eigenvalue weighted by atomic mass is 32.2. The number of benzene rings is 3. The van der Waals surface area contributed by atoms with Gasteiger partial charge in [-0.15, -0.1) is 0 Å². The standard InChI is InChI=1S/C23H22N2OS/c1-15-12-13-18(16(2)14-15)17(3)24-23(26)25-19-8-4-6-10-21(19)27-22-11-7-5-9-20(22)25/h4-14,17H,1-3H3,(H,24,26)/t17-/m1/s1. The van der Waals surface area contributed by atoms with Crippen molar-refractivity contribution >= 4 is 29.2 Å². The van der Waals surface area contributed by atoms with E-state index in [1.165, 1.54) is 11.1 Å². The second kappa shape index (κ2) is 7.12. The van der Waals surface area contributed by atoms with Crippen molar-refractivity contribution in [3.8, 4) is 0 Å². The Bertz CT molecular complexity index is 969. The van der Waals surface area contributed by atoms with Gasteiger partial charge in [-0.05, 0) is 56.2 Å². The van der Waals surface area contributed by atoms with Crippen molar-refractivity contribution in [2.45, 2.75) is 36.6 Å². The maximum absolute atomic E-state index is 13.3. The van der Waals surface area contributed by atoms with Crippen LogP contribution in [-0.4, -0.2) is 6.03 Å².